The van der Waals surface area contributed by atoms with Gasteiger partial charge < -0.3 is 15.8 Å². The third kappa shape index (κ3) is 2.00. The van der Waals surface area contributed by atoms with Crippen molar-refractivity contribution in [1.82, 2.24) is 0 Å². The number of hydrogen-bond acceptors (Lipinski definition) is 3. The van der Waals surface area contributed by atoms with E-state index in [-0.39, 0.29) is 5.41 Å². The highest BCUT2D eigenvalue weighted by Gasteiger charge is 2.48. The van der Waals surface area contributed by atoms with Gasteiger partial charge in [-0.3, -0.25) is 0 Å². The third-order valence-electron chi connectivity index (χ3n) is 4.17. The van der Waals surface area contributed by atoms with Gasteiger partial charge in [-0.2, -0.15) is 0 Å². The molecule has 0 aromatic heterocycles. The van der Waals surface area contributed by atoms with Crippen molar-refractivity contribution >= 4 is 11.4 Å². The lowest BCUT2D eigenvalue weighted by Crippen LogP contribution is -2.57. The van der Waals surface area contributed by atoms with Crippen LogP contribution in [0.15, 0.2) is 18.2 Å². The SMILES string of the molecule is COC1CC(Nc2cccc(N)c2C)C1(C)C. The first kappa shape index (κ1) is 12.2. The highest BCUT2D eigenvalue weighted by atomic mass is 16.5. The van der Waals surface area contributed by atoms with Gasteiger partial charge in [-0.15, -0.1) is 0 Å². The van der Waals surface area contributed by atoms with Crippen LogP contribution < -0.4 is 11.1 Å². The molecule has 0 saturated heterocycles. The molecule has 3 nitrogen and oxygen atoms in total. The van der Waals surface area contributed by atoms with Crippen LogP contribution in [0.4, 0.5) is 11.4 Å². The lowest BCUT2D eigenvalue weighted by Gasteiger charge is -2.51. The van der Waals surface area contributed by atoms with Gasteiger partial charge in [0.25, 0.3) is 0 Å². The summed E-state index contributed by atoms with van der Waals surface area (Å²) >= 11 is 0. The Balaban J connectivity index is 2.11. The van der Waals surface area contributed by atoms with Gasteiger partial charge in [-0.05, 0) is 31.0 Å². The Morgan fingerprint density at radius 2 is 2.12 bits per heavy atom. The Morgan fingerprint density at radius 3 is 2.71 bits per heavy atom. The number of nitrogens with two attached hydrogens (primary N) is 1. The first-order valence-corrected chi connectivity index (χ1v) is 6.11. The first-order valence-electron chi connectivity index (χ1n) is 6.11. The number of nitrogen functional groups attached to an aromatic ring is 1. The molecule has 3 N–H and O–H groups in total. The van der Waals surface area contributed by atoms with E-state index in [1.54, 1.807) is 7.11 Å². The molecule has 0 heterocycles. The molecule has 2 rings (SSSR count). The Morgan fingerprint density at radius 1 is 1.41 bits per heavy atom. The molecule has 1 aliphatic rings. The first-order chi connectivity index (χ1) is 7.96. The normalized spacial score (nSPS) is 26.4. The number of benzene rings is 1. The fourth-order valence-electron chi connectivity index (χ4n) is 2.53. The van der Waals surface area contributed by atoms with Crippen molar-refractivity contribution in [3.63, 3.8) is 0 Å². The van der Waals surface area contributed by atoms with Crippen LogP contribution in [0.1, 0.15) is 25.8 Å². The molecule has 2 unspecified atom stereocenters. The maximum Gasteiger partial charge on any atom is 0.0661 e. The molecule has 17 heavy (non-hydrogen) atoms. The quantitative estimate of drug-likeness (QED) is 0.791. The average molecular weight is 234 g/mol. The van der Waals surface area contributed by atoms with Gasteiger partial charge in [0.05, 0.1) is 6.10 Å². The molecule has 0 amide bonds. The molecule has 1 fully saturated rings. The smallest absolute Gasteiger partial charge is 0.0661 e. The summed E-state index contributed by atoms with van der Waals surface area (Å²) in [6.07, 6.45) is 1.40. The summed E-state index contributed by atoms with van der Waals surface area (Å²) in [5.41, 5.74) is 9.19. The zero-order chi connectivity index (χ0) is 12.6. The van der Waals surface area contributed by atoms with Crippen molar-refractivity contribution in [1.29, 1.82) is 0 Å². The van der Waals surface area contributed by atoms with Gasteiger partial charge in [0, 0.05) is 29.9 Å². The molecule has 3 heteroatoms. The lowest BCUT2D eigenvalue weighted by molar-refractivity contribution is -0.0794. The van der Waals surface area contributed by atoms with Crippen LogP contribution in [-0.2, 0) is 4.74 Å². The molecule has 1 aromatic carbocycles. The van der Waals surface area contributed by atoms with E-state index in [1.807, 2.05) is 12.1 Å². The predicted molar refractivity (Wildman–Crippen MR) is 72.2 cm³/mol. The minimum absolute atomic E-state index is 0.172. The minimum atomic E-state index is 0.172. The zero-order valence-corrected chi connectivity index (χ0v) is 11.1. The molecule has 1 aromatic rings. The van der Waals surface area contributed by atoms with Crippen LogP contribution in [0, 0.1) is 12.3 Å². The molecule has 1 saturated carbocycles. The second-order valence-electron chi connectivity index (χ2n) is 5.50. The number of nitrogens with one attached hydrogen (secondary N) is 1. The molecule has 1 aliphatic carbocycles. The van der Waals surface area contributed by atoms with Crippen molar-refractivity contribution in [2.75, 3.05) is 18.2 Å². The highest BCUT2D eigenvalue weighted by molar-refractivity contribution is 5.63. The van der Waals surface area contributed by atoms with E-state index in [1.165, 1.54) is 0 Å². The minimum Gasteiger partial charge on any atom is -0.398 e. The molecule has 0 bridgehead atoms. The Labute approximate surface area is 103 Å². The summed E-state index contributed by atoms with van der Waals surface area (Å²) in [5.74, 6) is 0. The molecular weight excluding hydrogens is 212 g/mol. The summed E-state index contributed by atoms with van der Waals surface area (Å²) < 4.78 is 5.46. The molecule has 2 atom stereocenters. The topological polar surface area (TPSA) is 47.3 Å². The molecule has 94 valence electrons. The van der Waals surface area contributed by atoms with E-state index < -0.39 is 0 Å². The number of hydrogen-bond donors (Lipinski definition) is 2. The lowest BCUT2D eigenvalue weighted by atomic mass is 9.64. The maximum absolute atomic E-state index is 5.91. The Hall–Kier alpha value is -1.22. The molecule has 0 aliphatic heterocycles. The Bertz CT molecular complexity index is 415. The number of rotatable bonds is 3. The van der Waals surface area contributed by atoms with Gasteiger partial charge in [0.2, 0.25) is 0 Å². The predicted octanol–water partition coefficient (Wildman–Crippen LogP) is 2.80. The van der Waals surface area contributed by atoms with Crippen LogP contribution in [0.5, 0.6) is 0 Å². The fraction of sp³-hybridized carbons (Fsp3) is 0.571. The van der Waals surface area contributed by atoms with Crippen LogP contribution in [0.2, 0.25) is 0 Å². The maximum atomic E-state index is 5.91. The summed E-state index contributed by atoms with van der Waals surface area (Å²) in [7, 11) is 1.79. The van der Waals surface area contributed by atoms with Crippen molar-refractivity contribution in [3.05, 3.63) is 23.8 Å². The number of ether oxygens (including phenoxy) is 1. The van der Waals surface area contributed by atoms with E-state index in [0.29, 0.717) is 12.1 Å². The van der Waals surface area contributed by atoms with E-state index in [9.17, 15) is 0 Å². The third-order valence-corrected chi connectivity index (χ3v) is 4.17. The standard InChI is InChI=1S/C14H22N2O/c1-9-10(15)6-5-7-11(9)16-12-8-13(17-4)14(12,2)3/h5-7,12-13,16H,8,15H2,1-4H3. The van der Waals surface area contributed by atoms with E-state index in [2.05, 4.69) is 32.2 Å². The van der Waals surface area contributed by atoms with Crippen molar-refractivity contribution in [3.8, 4) is 0 Å². The Kier molecular flexibility index (Phi) is 3.04. The van der Waals surface area contributed by atoms with Crippen LogP contribution in [0.25, 0.3) is 0 Å². The van der Waals surface area contributed by atoms with Crippen molar-refractivity contribution in [2.45, 2.75) is 39.3 Å². The monoisotopic (exact) mass is 234 g/mol. The fourth-order valence-corrected chi connectivity index (χ4v) is 2.53. The van der Waals surface area contributed by atoms with Gasteiger partial charge >= 0.3 is 0 Å². The van der Waals surface area contributed by atoms with E-state index >= 15 is 0 Å². The largest absolute Gasteiger partial charge is 0.398 e. The highest BCUT2D eigenvalue weighted by Crippen LogP contribution is 2.44. The summed E-state index contributed by atoms with van der Waals surface area (Å²) in [5, 5.41) is 3.58. The van der Waals surface area contributed by atoms with Crippen LogP contribution >= 0.6 is 0 Å². The van der Waals surface area contributed by atoms with Crippen LogP contribution in [0.3, 0.4) is 0 Å². The molecule has 0 radical (unpaired) electrons. The van der Waals surface area contributed by atoms with Gasteiger partial charge in [-0.25, -0.2) is 0 Å². The summed E-state index contributed by atoms with van der Waals surface area (Å²) in [6.45, 7) is 6.53. The molecule has 0 spiro atoms. The van der Waals surface area contributed by atoms with Gasteiger partial charge in [0.1, 0.15) is 0 Å². The van der Waals surface area contributed by atoms with Crippen molar-refractivity contribution < 1.29 is 4.74 Å². The number of anilines is 2. The zero-order valence-electron chi connectivity index (χ0n) is 11.1. The van der Waals surface area contributed by atoms with E-state index in [0.717, 1.165) is 23.4 Å². The van der Waals surface area contributed by atoms with Gasteiger partial charge in [0.15, 0.2) is 0 Å². The summed E-state index contributed by atoms with van der Waals surface area (Å²) in [4.78, 5) is 0. The van der Waals surface area contributed by atoms with Crippen molar-refractivity contribution in [2.24, 2.45) is 5.41 Å². The van der Waals surface area contributed by atoms with Gasteiger partial charge in [-0.1, -0.05) is 19.9 Å². The van der Waals surface area contributed by atoms with Crippen LogP contribution in [-0.4, -0.2) is 19.3 Å². The second-order valence-corrected chi connectivity index (χ2v) is 5.50. The average Bonchev–Trinajstić information content (AvgIpc) is 2.29. The molecular formula is C14H22N2O. The second kappa shape index (κ2) is 4.22. The summed E-state index contributed by atoms with van der Waals surface area (Å²) in [6, 6.07) is 6.46. The number of methoxy groups -OCH3 is 1. The van der Waals surface area contributed by atoms with E-state index in [4.69, 9.17) is 10.5 Å².